The van der Waals surface area contributed by atoms with Crippen molar-refractivity contribution in [1.29, 1.82) is 0 Å². The van der Waals surface area contributed by atoms with Gasteiger partial charge < -0.3 is 10.6 Å². The van der Waals surface area contributed by atoms with Gasteiger partial charge in [-0.1, -0.05) is 23.2 Å². The van der Waals surface area contributed by atoms with Crippen LogP contribution in [0.3, 0.4) is 0 Å². The van der Waals surface area contributed by atoms with Gasteiger partial charge in [-0.3, -0.25) is 4.79 Å². The van der Waals surface area contributed by atoms with Crippen molar-refractivity contribution in [2.45, 2.75) is 13.0 Å². The van der Waals surface area contributed by atoms with Crippen LogP contribution in [0.2, 0.25) is 10.0 Å². The Morgan fingerprint density at radius 3 is 2.76 bits per heavy atom. The molecule has 1 aliphatic heterocycles. The molecule has 0 radical (unpaired) electrons. The van der Waals surface area contributed by atoms with Crippen LogP contribution in [-0.4, -0.2) is 5.91 Å². The molecule has 0 bridgehead atoms. The molecule has 1 aliphatic rings. The van der Waals surface area contributed by atoms with Crippen LogP contribution in [0.15, 0.2) is 30.3 Å². The van der Waals surface area contributed by atoms with E-state index in [1.165, 1.54) is 12.1 Å². The van der Waals surface area contributed by atoms with Gasteiger partial charge in [0.15, 0.2) is 0 Å². The van der Waals surface area contributed by atoms with Crippen LogP contribution < -0.4 is 10.6 Å². The molecule has 0 atom stereocenters. The van der Waals surface area contributed by atoms with Gasteiger partial charge in [-0.25, -0.2) is 4.39 Å². The van der Waals surface area contributed by atoms with Crippen molar-refractivity contribution in [2.75, 3.05) is 10.6 Å². The van der Waals surface area contributed by atoms with Crippen LogP contribution in [0.1, 0.15) is 11.1 Å². The Balaban J connectivity index is 1.79. The zero-order valence-corrected chi connectivity index (χ0v) is 12.4. The van der Waals surface area contributed by atoms with Crippen molar-refractivity contribution in [3.63, 3.8) is 0 Å². The number of anilines is 2. The Hall–Kier alpha value is -1.78. The van der Waals surface area contributed by atoms with Gasteiger partial charge in [0, 0.05) is 17.3 Å². The van der Waals surface area contributed by atoms with Crippen LogP contribution in [0.5, 0.6) is 0 Å². The molecule has 0 fully saturated rings. The molecule has 2 aromatic carbocycles. The molecule has 0 aromatic heterocycles. The lowest BCUT2D eigenvalue weighted by Gasteiger charge is -2.11. The molecule has 0 saturated heterocycles. The fraction of sp³-hybridized carbons (Fsp3) is 0.133. The molecule has 3 nitrogen and oxygen atoms in total. The molecule has 0 unspecified atom stereocenters. The molecular weight excluding hydrogens is 314 g/mol. The molecule has 0 saturated carbocycles. The number of hydrogen-bond acceptors (Lipinski definition) is 2. The predicted octanol–water partition coefficient (Wildman–Crippen LogP) is 4.24. The van der Waals surface area contributed by atoms with E-state index in [1.54, 1.807) is 12.1 Å². The minimum Gasteiger partial charge on any atom is -0.380 e. The fourth-order valence-corrected chi connectivity index (χ4v) is 2.77. The molecule has 0 spiro atoms. The van der Waals surface area contributed by atoms with Gasteiger partial charge in [0.2, 0.25) is 5.91 Å². The van der Waals surface area contributed by atoms with E-state index < -0.39 is 0 Å². The minimum absolute atomic E-state index is 0.0462. The maximum Gasteiger partial charge on any atom is 0.228 e. The van der Waals surface area contributed by atoms with Crippen molar-refractivity contribution >= 4 is 40.5 Å². The quantitative estimate of drug-likeness (QED) is 0.886. The van der Waals surface area contributed by atoms with Crippen LogP contribution in [-0.2, 0) is 17.8 Å². The minimum atomic E-state index is -0.380. The molecule has 1 heterocycles. The van der Waals surface area contributed by atoms with E-state index in [2.05, 4.69) is 10.6 Å². The predicted molar refractivity (Wildman–Crippen MR) is 82.5 cm³/mol. The number of amides is 1. The molecule has 2 aromatic rings. The largest absolute Gasteiger partial charge is 0.380 e. The second kappa shape index (κ2) is 5.54. The lowest BCUT2D eigenvalue weighted by atomic mass is 10.1. The number of fused-ring (bicyclic) bond motifs is 1. The lowest BCUT2D eigenvalue weighted by molar-refractivity contribution is -0.115. The zero-order chi connectivity index (χ0) is 15.0. The summed E-state index contributed by atoms with van der Waals surface area (Å²) in [5.41, 5.74) is 3.05. The molecule has 0 aliphatic carbocycles. The second-order valence-corrected chi connectivity index (χ2v) is 5.69. The Kier molecular flexibility index (Phi) is 3.74. The van der Waals surface area contributed by atoms with E-state index in [1.807, 2.05) is 6.07 Å². The molecule has 108 valence electrons. The Labute approximate surface area is 131 Å². The van der Waals surface area contributed by atoms with E-state index in [0.29, 0.717) is 34.3 Å². The normalized spacial score (nSPS) is 13.0. The third kappa shape index (κ3) is 3.12. The number of carbonyl (C=O) groups excluding carboxylic acids is 1. The highest BCUT2D eigenvalue weighted by atomic mass is 35.5. The van der Waals surface area contributed by atoms with Gasteiger partial charge in [-0.2, -0.15) is 0 Å². The fourth-order valence-electron chi connectivity index (χ4n) is 2.29. The summed E-state index contributed by atoms with van der Waals surface area (Å²) in [6.45, 7) is 0.386. The van der Waals surface area contributed by atoms with E-state index >= 15 is 0 Å². The summed E-state index contributed by atoms with van der Waals surface area (Å²) < 4.78 is 13.3. The summed E-state index contributed by atoms with van der Waals surface area (Å²) in [7, 11) is 0. The van der Waals surface area contributed by atoms with Gasteiger partial charge in [0.1, 0.15) is 5.82 Å². The first-order chi connectivity index (χ1) is 10.0. The monoisotopic (exact) mass is 324 g/mol. The van der Waals surface area contributed by atoms with Crippen molar-refractivity contribution in [2.24, 2.45) is 0 Å². The van der Waals surface area contributed by atoms with E-state index in [9.17, 15) is 9.18 Å². The zero-order valence-electron chi connectivity index (χ0n) is 10.8. The van der Waals surface area contributed by atoms with Crippen molar-refractivity contribution in [1.82, 2.24) is 0 Å². The molecule has 6 heteroatoms. The summed E-state index contributed by atoms with van der Waals surface area (Å²) in [6.07, 6.45) is 0.340. The third-order valence-corrected chi connectivity index (χ3v) is 3.75. The highest BCUT2D eigenvalue weighted by Crippen LogP contribution is 2.33. The van der Waals surface area contributed by atoms with E-state index in [4.69, 9.17) is 23.2 Å². The number of rotatable bonds is 3. The molecular formula is C15H11Cl2FN2O. The first-order valence-electron chi connectivity index (χ1n) is 6.32. The molecule has 2 N–H and O–H groups in total. The van der Waals surface area contributed by atoms with Crippen molar-refractivity contribution in [3.8, 4) is 0 Å². The molecule has 3 rings (SSSR count). The number of nitrogens with one attached hydrogen (secondary N) is 2. The van der Waals surface area contributed by atoms with Gasteiger partial charge in [0.25, 0.3) is 0 Å². The summed E-state index contributed by atoms with van der Waals surface area (Å²) in [5, 5.41) is 6.72. The average Bonchev–Trinajstić information content (AvgIpc) is 2.74. The van der Waals surface area contributed by atoms with Crippen LogP contribution in [0.25, 0.3) is 0 Å². The average molecular weight is 325 g/mol. The number of carbonyl (C=O) groups is 1. The van der Waals surface area contributed by atoms with Gasteiger partial charge in [-0.15, -0.1) is 0 Å². The lowest BCUT2D eigenvalue weighted by Crippen LogP contribution is -2.03. The SMILES string of the molecule is O=C1Cc2cc(NCc3cc(F)cc(Cl)c3)c(Cl)cc2N1. The highest BCUT2D eigenvalue weighted by molar-refractivity contribution is 6.33. The van der Waals surface area contributed by atoms with Gasteiger partial charge >= 0.3 is 0 Å². The number of halogens is 3. The van der Waals surface area contributed by atoms with Crippen LogP contribution in [0, 0.1) is 5.82 Å². The topological polar surface area (TPSA) is 41.1 Å². The summed E-state index contributed by atoms with van der Waals surface area (Å²) in [5.74, 6) is -0.427. The van der Waals surface area contributed by atoms with Gasteiger partial charge in [0.05, 0.1) is 17.1 Å². The summed E-state index contributed by atoms with van der Waals surface area (Å²) in [4.78, 5) is 11.3. The number of benzene rings is 2. The van der Waals surface area contributed by atoms with E-state index in [-0.39, 0.29) is 11.7 Å². The molecule has 1 amide bonds. The molecule has 21 heavy (non-hydrogen) atoms. The second-order valence-electron chi connectivity index (χ2n) is 4.85. The summed E-state index contributed by atoms with van der Waals surface area (Å²) in [6, 6.07) is 7.89. The van der Waals surface area contributed by atoms with Crippen molar-refractivity contribution in [3.05, 3.63) is 57.3 Å². The smallest absolute Gasteiger partial charge is 0.228 e. The summed E-state index contributed by atoms with van der Waals surface area (Å²) >= 11 is 12.0. The van der Waals surface area contributed by atoms with E-state index in [0.717, 1.165) is 11.3 Å². The highest BCUT2D eigenvalue weighted by Gasteiger charge is 2.19. The standard InChI is InChI=1S/C15H11Cl2FN2O/c16-10-1-8(2-11(18)5-10)7-19-14-3-9-4-15(21)20-13(9)6-12(14)17/h1-3,5-6,19H,4,7H2,(H,20,21). The third-order valence-electron chi connectivity index (χ3n) is 3.22. The Morgan fingerprint density at radius 1 is 1.19 bits per heavy atom. The van der Waals surface area contributed by atoms with Crippen LogP contribution in [0.4, 0.5) is 15.8 Å². The number of hydrogen-bond donors (Lipinski definition) is 2. The maximum absolute atomic E-state index is 13.3. The Bertz CT molecular complexity index is 714. The van der Waals surface area contributed by atoms with Crippen molar-refractivity contribution < 1.29 is 9.18 Å². The Morgan fingerprint density at radius 2 is 2.00 bits per heavy atom. The van der Waals surface area contributed by atoms with Crippen LogP contribution >= 0.6 is 23.2 Å². The maximum atomic E-state index is 13.3. The first kappa shape index (κ1) is 14.2. The van der Waals surface area contributed by atoms with Gasteiger partial charge in [-0.05, 0) is 41.5 Å². The first-order valence-corrected chi connectivity index (χ1v) is 7.08.